The quantitative estimate of drug-likeness (QED) is 0.385. The molecule has 1 fully saturated rings. The van der Waals surface area contributed by atoms with Crippen LogP contribution in [0.25, 0.3) is 11.0 Å². The highest BCUT2D eigenvalue weighted by atomic mass is 19.4. The van der Waals surface area contributed by atoms with Gasteiger partial charge in [0.05, 0.1) is 36.0 Å². The third kappa shape index (κ3) is 5.44. The summed E-state index contributed by atoms with van der Waals surface area (Å²) in [4.78, 5) is 37.0. The molecule has 0 bridgehead atoms. The summed E-state index contributed by atoms with van der Waals surface area (Å²) in [5.41, 5.74) is 1.14. The Balaban J connectivity index is 1.36. The molecule has 37 heavy (non-hydrogen) atoms. The van der Waals surface area contributed by atoms with Crippen LogP contribution in [0.15, 0.2) is 72.9 Å². The van der Waals surface area contributed by atoms with Gasteiger partial charge in [-0.3, -0.25) is 14.6 Å². The maximum atomic E-state index is 13.2. The predicted molar refractivity (Wildman–Crippen MR) is 132 cm³/mol. The van der Waals surface area contributed by atoms with Crippen molar-refractivity contribution in [2.24, 2.45) is 0 Å². The van der Waals surface area contributed by atoms with Gasteiger partial charge >= 0.3 is 6.18 Å². The van der Waals surface area contributed by atoms with Gasteiger partial charge in [-0.15, -0.1) is 0 Å². The molecule has 2 heterocycles. The fraction of sp³-hybridized carbons (Fsp3) is 0.185. The lowest BCUT2D eigenvalue weighted by molar-refractivity contribution is -0.137. The van der Waals surface area contributed by atoms with Crippen LogP contribution in [-0.2, 0) is 10.9 Å². The molecule has 1 N–H and O–H groups in total. The van der Waals surface area contributed by atoms with E-state index in [0.29, 0.717) is 54.3 Å². The number of alkyl halides is 3. The lowest BCUT2D eigenvalue weighted by Gasteiger charge is -2.27. The average Bonchev–Trinajstić information content (AvgIpc) is 2.92. The largest absolute Gasteiger partial charge is 0.416 e. The molecule has 1 aliphatic heterocycles. The van der Waals surface area contributed by atoms with Gasteiger partial charge in [-0.2, -0.15) is 13.2 Å². The molecule has 1 saturated heterocycles. The highest BCUT2D eigenvalue weighted by Gasteiger charge is 2.31. The number of aromatic nitrogens is 2. The number of carbonyl (C=O) groups excluding carboxylic acids is 2. The molecule has 4 aromatic rings. The second-order valence-electron chi connectivity index (χ2n) is 8.47. The molecule has 0 radical (unpaired) electrons. The Labute approximate surface area is 209 Å². The van der Waals surface area contributed by atoms with Crippen LogP contribution in [0.5, 0.6) is 0 Å². The maximum Gasteiger partial charge on any atom is 0.416 e. The standard InChI is InChI=1S/C27H21F3N4O3/c28-27(29,30)20-5-1-4-19(13-20)26(36)32-21-6-2-3-17(14-21)25(35)18-7-8-22-23(15-18)33-24(16-31-22)34-9-11-37-12-10-34/h1-8,13-16H,9-12H2,(H,32,36). The summed E-state index contributed by atoms with van der Waals surface area (Å²) in [5.74, 6) is -0.303. The summed E-state index contributed by atoms with van der Waals surface area (Å²) in [6, 6.07) is 15.4. The molecular formula is C27H21F3N4O3. The zero-order valence-electron chi connectivity index (χ0n) is 19.5. The van der Waals surface area contributed by atoms with Gasteiger partial charge in [0, 0.05) is 35.5 Å². The number of ether oxygens (including phenoxy) is 1. The molecule has 0 unspecified atom stereocenters. The summed E-state index contributed by atoms with van der Waals surface area (Å²) in [7, 11) is 0. The van der Waals surface area contributed by atoms with Gasteiger partial charge < -0.3 is 15.0 Å². The number of fused-ring (bicyclic) bond motifs is 1. The number of nitrogens with one attached hydrogen (secondary N) is 1. The molecule has 1 amide bonds. The molecule has 5 rings (SSSR count). The monoisotopic (exact) mass is 506 g/mol. The van der Waals surface area contributed by atoms with E-state index in [0.717, 1.165) is 12.1 Å². The third-order valence-corrected chi connectivity index (χ3v) is 5.96. The van der Waals surface area contributed by atoms with Gasteiger partial charge in [-0.05, 0) is 48.5 Å². The third-order valence-electron chi connectivity index (χ3n) is 5.96. The van der Waals surface area contributed by atoms with Gasteiger partial charge in [0.2, 0.25) is 0 Å². The van der Waals surface area contributed by atoms with Gasteiger partial charge in [0.1, 0.15) is 5.82 Å². The zero-order chi connectivity index (χ0) is 26.0. The number of hydrogen-bond acceptors (Lipinski definition) is 6. The van der Waals surface area contributed by atoms with Crippen molar-refractivity contribution >= 4 is 34.2 Å². The number of hydrogen-bond donors (Lipinski definition) is 1. The van der Waals surface area contributed by atoms with E-state index >= 15 is 0 Å². The van der Waals surface area contributed by atoms with Crippen molar-refractivity contribution in [3.8, 4) is 0 Å². The number of carbonyl (C=O) groups is 2. The molecule has 10 heteroatoms. The first-order valence-corrected chi connectivity index (χ1v) is 11.5. The molecule has 1 aromatic heterocycles. The molecule has 0 saturated carbocycles. The maximum absolute atomic E-state index is 13.2. The van der Waals surface area contributed by atoms with E-state index in [9.17, 15) is 22.8 Å². The smallest absolute Gasteiger partial charge is 0.378 e. The molecular weight excluding hydrogens is 485 g/mol. The Bertz CT molecular complexity index is 1480. The number of morpholine rings is 1. The van der Waals surface area contributed by atoms with E-state index in [4.69, 9.17) is 4.74 Å². The van der Waals surface area contributed by atoms with Crippen molar-refractivity contribution in [3.63, 3.8) is 0 Å². The van der Waals surface area contributed by atoms with E-state index in [1.54, 1.807) is 42.6 Å². The highest BCUT2D eigenvalue weighted by Crippen LogP contribution is 2.30. The van der Waals surface area contributed by atoms with Crippen LogP contribution in [0.3, 0.4) is 0 Å². The Morgan fingerprint density at radius 2 is 1.59 bits per heavy atom. The molecule has 7 nitrogen and oxygen atoms in total. The predicted octanol–water partition coefficient (Wildman–Crippen LogP) is 4.97. The minimum absolute atomic E-state index is 0.143. The number of nitrogens with zero attached hydrogens (tertiary/aromatic N) is 3. The minimum Gasteiger partial charge on any atom is -0.378 e. The van der Waals surface area contributed by atoms with Crippen LogP contribution in [0.2, 0.25) is 0 Å². The van der Waals surface area contributed by atoms with E-state index in [-0.39, 0.29) is 17.0 Å². The summed E-state index contributed by atoms with van der Waals surface area (Å²) >= 11 is 0. The van der Waals surface area contributed by atoms with Gasteiger partial charge in [-0.1, -0.05) is 18.2 Å². The molecule has 188 valence electrons. The van der Waals surface area contributed by atoms with Crippen molar-refractivity contribution in [2.45, 2.75) is 6.18 Å². The Morgan fingerprint density at radius 3 is 2.38 bits per heavy atom. The lowest BCUT2D eigenvalue weighted by atomic mass is 10.0. The normalized spacial score (nSPS) is 14.0. The molecule has 3 aromatic carbocycles. The number of halogens is 3. The average molecular weight is 506 g/mol. The summed E-state index contributed by atoms with van der Waals surface area (Å²) < 4.78 is 44.4. The zero-order valence-corrected chi connectivity index (χ0v) is 19.5. The second kappa shape index (κ2) is 9.98. The van der Waals surface area contributed by atoms with Crippen molar-refractivity contribution in [2.75, 3.05) is 36.5 Å². The van der Waals surface area contributed by atoms with Crippen LogP contribution in [0, 0.1) is 0 Å². The molecule has 1 aliphatic rings. The van der Waals surface area contributed by atoms with E-state index < -0.39 is 17.6 Å². The van der Waals surface area contributed by atoms with Crippen molar-refractivity contribution in [1.82, 2.24) is 9.97 Å². The van der Waals surface area contributed by atoms with E-state index in [1.807, 2.05) is 0 Å². The van der Waals surface area contributed by atoms with Crippen LogP contribution < -0.4 is 10.2 Å². The number of ketones is 1. The Morgan fingerprint density at radius 1 is 0.865 bits per heavy atom. The van der Waals surface area contributed by atoms with Crippen LogP contribution in [-0.4, -0.2) is 48.0 Å². The van der Waals surface area contributed by atoms with Crippen LogP contribution in [0.4, 0.5) is 24.7 Å². The Kier molecular flexibility index (Phi) is 6.58. The lowest BCUT2D eigenvalue weighted by Crippen LogP contribution is -2.36. The number of anilines is 2. The summed E-state index contributed by atoms with van der Waals surface area (Å²) in [5, 5.41) is 2.56. The molecule has 0 aliphatic carbocycles. The number of rotatable bonds is 5. The van der Waals surface area contributed by atoms with Gasteiger partial charge in [0.25, 0.3) is 5.91 Å². The topological polar surface area (TPSA) is 84.4 Å². The summed E-state index contributed by atoms with van der Waals surface area (Å²) in [6.07, 6.45) is -2.86. The van der Waals surface area contributed by atoms with E-state index in [1.165, 1.54) is 18.2 Å². The SMILES string of the molecule is O=C(Nc1cccc(C(=O)c2ccc3ncc(N4CCOCC4)nc3c2)c1)c1cccc(C(F)(F)F)c1. The summed E-state index contributed by atoms with van der Waals surface area (Å²) in [6.45, 7) is 2.63. The van der Waals surface area contributed by atoms with E-state index in [2.05, 4.69) is 20.2 Å². The second-order valence-corrected chi connectivity index (χ2v) is 8.47. The first kappa shape index (κ1) is 24.4. The van der Waals surface area contributed by atoms with Crippen molar-refractivity contribution < 1.29 is 27.5 Å². The number of amides is 1. The van der Waals surface area contributed by atoms with Crippen LogP contribution in [0.1, 0.15) is 31.8 Å². The minimum atomic E-state index is -4.56. The van der Waals surface area contributed by atoms with Gasteiger partial charge in [0.15, 0.2) is 5.78 Å². The van der Waals surface area contributed by atoms with Crippen molar-refractivity contribution in [1.29, 1.82) is 0 Å². The first-order valence-electron chi connectivity index (χ1n) is 11.5. The highest BCUT2D eigenvalue weighted by molar-refractivity contribution is 6.11. The first-order chi connectivity index (χ1) is 17.8. The molecule has 0 atom stereocenters. The number of benzene rings is 3. The Hall–Kier alpha value is -4.31. The molecule has 0 spiro atoms. The fourth-order valence-corrected chi connectivity index (χ4v) is 4.03. The van der Waals surface area contributed by atoms with Crippen molar-refractivity contribution in [3.05, 3.63) is 95.2 Å². The van der Waals surface area contributed by atoms with Gasteiger partial charge in [-0.25, -0.2) is 4.98 Å². The van der Waals surface area contributed by atoms with Crippen LogP contribution >= 0.6 is 0 Å². The fourth-order valence-electron chi connectivity index (χ4n) is 4.03.